The Bertz CT molecular complexity index is 710. The number of thiazole rings is 1. The number of aromatic nitrogens is 1. The van der Waals surface area contributed by atoms with E-state index in [0.717, 1.165) is 12.1 Å². The zero-order chi connectivity index (χ0) is 15.0. The van der Waals surface area contributed by atoms with Crippen molar-refractivity contribution in [3.05, 3.63) is 40.9 Å². The second-order valence-electron chi connectivity index (χ2n) is 5.08. The summed E-state index contributed by atoms with van der Waals surface area (Å²) in [5, 5.41) is 4.73. The van der Waals surface area contributed by atoms with Gasteiger partial charge in [-0.2, -0.15) is 0 Å². The highest BCUT2D eigenvalue weighted by molar-refractivity contribution is 7.14. The van der Waals surface area contributed by atoms with E-state index in [4.69, 9.17) is 0 Å². The van der Waals surface area contributed by atoms with Gasteiger partial charge in [-0.25, -0.2) is 4.98 Å². The molecule has 1 aromatic heterocycles. The van der Waals surface area contributed by atoms with Crippen molar-refractivity contribution in [2.75, 3.05) is 10.2 Å². The van der Waals surface area contributed by atoms with Gasteiger partial charge in [0.05, 0.1) is 0 Å². The first-order chi connectivity index (χ1) is 10.1. The number of nitrogens with one attached hydrogen (secondary N) is 1. The van der Waals surface area contributed by atoms with E-state index in [1.54, 1.807) is 10.3 Å². The highest BCUT2D eigenvalue weighted by Gasteiger charge is 2.32. The first-order valence-electron chi connectivity index (χ1n) is 6.71. The van der Waals surface area contributed by atoms with Gasteiger partial charge < -0.3 is 10.2 Å². The topological polar surface area (TPSA) is 62.3 Å². The van der Waals surface area contributed by atoms with Crippen LogP contribution >= 0.6 is 11.3 Å². The van der Waals surface area contributed by atoms with Gasteiger partial charge in [0.2, 0.25) is 5.91 Å². The van der Waals surface area contributed by atoms with E-state index in [1.807, 2.05) is 31.2 Å². The lowest BCUT2D eigenvalue weighted by molar-refractivity contribution is -0.114. The molecule has 0 saturated heterocycles. The van der Waals surface area contributed by atoms with Crippen LogP contribution in [0.1, 0.15) is 29.9 Å². The number of carbonyl (C=O) groups is 2. The lowest BCUT2D eigenvalue weighted by atomic mass is 10.1. The minimum atomic E-state index is -0.191. The highest BCUT2D eigenvalue weighted by Crippen LogP contribution is 2.33. The monoisotopic (exact) mass is 301 g/mol. The van der Waals surface area contributed by atoms with Crippen LogP contribution in [0.4, 0.5) is 10.8 Å². The standard InChI is InChI=1S/C15H15N3O2S/c1-9-7-11-5-3-4-6-13(11)18(9)14(20)12-8-21-15(17-12)16-10(2)19/h3-6,8-9H,7H2,1-2H3,(H,16,17,19)/t9-/m1/s1. The van der Waals surface area contributed by atoms with E-state index in [9.17, 15) is 9.59 Å². The summed E-state index contributed by atoms with van der Waals surface area (Å²) >= 11 is 1.26. The van der Waals surface area contributed by atoms with E-state index >= 15 is 0 Å². The number of fused-ring (bicyclic) bond motifs is 1. The van der Waals surface area contributed by atoms with E-state index in [1.165, 1.54) is 23.8 Å². The van der Waals surface area contributed by atoms with Crippen molar-refractivity contribution in [2.45, 2.75) is 26.3 Å². The second kappa shape index (κ2) is 5.29. The van der Waals surface area contributed by atoms with Crippen molar-refractivity contribution in [1.29, 1.82) is 0 Å². The molecule has 0 aliphatic carbocycles. The molecule has 2 heterocycles. The molecule has 1 aromatic carbocycles. The average Bonchev–Trinajstić information content (AvgIpc) is 3.00. The maximum Gasteiger partial charge on any atom is 0.278 e. The Morgan fingerprint density at radius 3 is 2.90 bits per heavy atom. The van der Waals surface area contributed by atoms with Crippen molar-refractivity contribution in [1.82, 2.24) is 4.98 Å². The van der Waals surface area contributed by atoms with Crippen LogP contribution in [0.15, 0.2) is 29.6 Å². The predicted octanol–water partition coefficient (Wildman–Crippen LogP) is 2.69. The Balaban J connectivity index is 1.88. The summed E-state index contributed by atoms with van der Waals surface area (Å²) in [6.45, 7) is 3.45. The molecule has 2 aromatic rings. The van der Waals surface area contributed by atoms with Crippen LogP contribution < -0.4 is 10.2 Å². The molecule has 3 rings (SSSR count). The summed E-state index contributed by atoms with van der Waals surface area (Å²) in [4.78, 5) is 29.7. The van der Waals surface area contributed by atoms with E-state index in [-0.39, 0.29) is 17.9 Å². The van der Waals surface area contributed by atoms with Gasteiger partial charge in [0.15, 0.2) is 5.13 Å². The van der Waals surface area contributed by atoms with Crippen molar-refractivity contribution < 1.29 is 9.59 Å². The van der Waals surface area contributed by atoms with E-state index in [0.29, 0.717) is 10.8 Å². The van der Waals surface area contributed by atoms with Gasteiger partial charge in [-0.3, -0.25) is 9.59 Å². The number of amides is 2. The van der Waals surface area contributed by atoms with Crippen LogP contribution in [0.25, 0.3) is 0 Å². The minimum Gasteiger partial charge on any atom is -0.304 e. The summed E-state index contributed by atoms with van der Waals surface area (Å²) < 4.78 is 0. The van der Waals surface area contributed by atoms with Gasteiger partial charge >= 0.3 is 0 Å². The highest BCUT2D eigenvalue weighted by atomic mass is 32.1. The molecule has 0 radical (unpaired) electrons. The summed E-state index contributed by atoms with van der Waals surface area (Å²) in [6, 6.07) is 8.03. The Morgan fingerprint density at radius 2 is 2.14 bits per heavy atom. The van der Waals surface area contributed by atoms with Crippen LogP contribution in [-0.4, -0.2) is 22.8 Å². The molecular weight excluding hydrogens is 286 g/mol. The number of rotatable bonds is 2. The van der Waals surface area contributed by atoms with Gasteiger partial charge in [-0.1, -0.05) is 18.2 Å². The molecule has 6 heteroatoms. The quantitative estimate of drug-likeness (QED) is 0.927. The molecule has 5 nitrogen and oxygen atoms in total. The van der Waals surface area contributed by atoms with Crippen molar-refractivity contribution in [3.63, 3.8) is 0 Å². The Labute approximate surface area is 126 Å². The number of anilines is 2. The maximum atomic E-state index is 12.7. The molecule has 21 heavy (non-hydrogen) atoms. The first kappa shape index (κ1) is 13.8. The molecule has 0 spiro atoms. The van der Waals surface area contributed by atoms with Gasteiger partial charge in [0, 0.05) is 24.0 Å². The van der Waals surface area contributed by atoms with Crippen LogP contribution in [0.5, 0.6) is 0 Å². The third kappa shape index (κ3) is 2.54. The zero-order valence-electron chi connectivity index (χ0n) is 11.8. The fraction of sp³-hybridized carbons (Fsp3) is 0.267. The maximum absolute atomic E-state index is 12.7. The fourth-order valence-corrected chi connectivity index (χ4v) is 3.31. The first-order valence-corrected chi connectivity index (χ1v) is 7.59. The average molecular weight is 301 g/mol. The number of hydrogen-bond acceptors (Lipinski definition) is 4. The summed E-state index contributed by atoms with van der Waals surface area (Å²) in [6.07, 6.45) is 0.852. The molecule has 0 unspecified atom stereocenters. The van der Waals surface area contributed by atoms with E-state index < -0.39 is 0 Å². The molecule has 1 aliphatic rings. The SMILES string of the molecule is CC(=O)Nc1nc(C(=O)N2c3ccccc3C[C@H]2C)cs1. The van der Waals surface area contributed by atoms with Crippen LogP contribution in [0.3, 0.4) is 0 Å². The van der Waals surface area contributed by atoms with E-state index in [2.05, 4.69) is 10.3 Å². The second-order valence-corrected chi connectivity index (χ2v) is 5.93. The Hall–Kier alpha value is -2.21. The Kier molecular flexibility index (Phi) is 3.47. The number of para-hydroxylation sites is 1. The summed E-state index contributed by atoms with van der Waals surface area (Å²) in [5.74, 6) is -0.316. The molecular formula is C15H15N3O2S. The molecule has 108 valence electrons. The van der Waals surface area contributed by atoms with Crippen molar-refractivity contribution in [3.8, 4) is 0 Å². The van der Waals surface area contributed by atoms with Gasteiger partial charge in [0.1, 0.15) is 5.69 Å². The largest absolute Gasteiger partial charge is 0.304 e. The van der Waals surface area contributed by atoms with Gasteiger partial charge in [0.25, 0.3) is 5.91 Å². The normalized spacial score (nSPS) is 16.7. The van der Waals surface area contributed by atoms with Gasteiger partial charge in [-0.15, -0.1) is 11.3 Å². The van der Waals surface area contributed by atoms with Crippen molar-refractivity contribution in [2.24, 2.45) is 0 Å². The molecule has 1 aliphatic heterocycles. The number of nitrogens with zero attached hydrogens (tertiary/aromatic N) is 2. The Morgan fingerprint density at radius 1 is 1.38 bits per heavy atom. The lowest BCUT2D eigenvalue weighted by Crippen LogP contribution is -2.35. The number of hydrogen-bond donors (Lipinski definition) is 1. The predicted molar refractivity (Wildman–Crippen MR) is 82.8 cm³/mol. The molecule has 1 atom stereocenters. The molecule has 2 amide bonds. The molecule has 1 N–H and O–H groups in total. The number of benzene rings is 1. The molecule has 0 bridgehead atoms. The summed E-state index contributed by atoms with van der Waals surface area (Å²) in [5.41, 5.74) is 2.49. The number of carbonyl (C=O) groups excluding carboxylic acids is 2. The minimum absolute atomic E-state index is 0.112. The smallest absolute Gasteiger partial charge is 0.278 e. The zero-order valence-corrected chi connectivity index (χ0v) is 12.6. The molecule has 0 saturated carbocycles. The van der Waals surface area contributed by atoms with Crippen LogP contribution in [-0.2, 0) is 11.2 Å². The third-order valence-electron chi connectivity index (χ3n) is 3.43. The van der Waals surface area contributed by atoms with Gasteiger partial charge in [-0.05, 0) is 25.0 Å². The van der Waals surface area contributed by atoms with Crippen LogP contribution in [0, 0.1) is 0 Å². The lowest BCUT2D eigenvalue weighted by Gasteiger charge is -2.21. The van der Waals surface area contributed by atoms with Crippen molar-refractivity contribution >= 4 is 34.0 Å². The fourth-order valence-electron chi connectivity index (χ4n) is 2.58. The third-order valence-corrected chi connectivity index (χ3v) is 4.19. The summed E-state index contributed by atoms with van der Waals surface area (Å²) in [7, 11) is 0. The molecule has 0 fully saturated rings. The van der Waals surface area contributed by atoms with Crippen LogP contribution in [0.2, 0.25) is 0 Å².